The van der Waals surface area contributed by atoms with E-state index in [9.17, 15) is 18.0 Å². The molecule has 0 aromatic heterocycles. The van der Waals surface area contributed by atoms with Crippen molar-refractivity contribution in [3.63, 3.8) is 0 Å². The Morgan fingerprint density at radius 1 is 1.00 bits per heavy atom. The lowest BCUT2D eigenvalue weighted by Crippen LogP contribution is -2.47. The van der Waals surface area contributed by atoms with Crippen molar-refractivity contribution < 1.29 is 22.7 Å². The summed E-state index contributed by atoms with van der Waals surface area (Å²) in [5.41, 5.74) is 1.92. The Morgan fingerprint density at radius 2 is 1.68 bits per heavy atom. The average molecular weight is 491 g/mol. The number of ether oxygens (including phenoxy) is 1. The van der Waals surface area contributed by atoms with Crippen LogP contribution in [-0.4, -0.2) is 61.6 Å². The third-order valence-electron chi connectivity index (χ3n) is 6.21. The number of carbonyl (C=O) groups excluding carboxylic acids is 1. The van der Waals surface area contributed by atoms with Crippen molar-refractivity contribution in [1.29, 1.82) is 0 Å². The minimum Gasteiger partial charge on any atom is -0.464 e. The topological polar surface area (TPSA) is 32.8 Å². The van der Waals surface area contributed by atoms with Gasteiger partial charge in [-0.2, -0.15) is 13.2 Å². The summed E-state index contributed by atoms with van der Waals surface area (Å²) in [6.07, 6.45) is -1.11. The van der Waals surface area contributed by atoms with Gasteiger partial charge in [0.25, 0.3) is 0 Å². The van der Waals surface area contributed by atoms with Crippen LogP contribution in [-0.2, 0) is 15.7 Å². The van der Waals surface area contributed by atoms with Crippen molar-refractivity contribution in [2.45, 2.75) is 35.7 Å². The van der Waals surface area contributed by atoms with Crippen LogP contribution in [0.15, 0.2) is 58.3 Å². The van der Waals surface area contributed by atoms with Crippen molar-refractivity contribution >= 4 is 23.3 Å². The number of esters is 1. The van der Waals surface area contributed by atoms with Crippen molar-refractivity contribution in [3.05, 3.63) is 65.2 Å². The standard InChI is InChI=1S/C26H29F3N2O2S/c1-2-25(32)33-17-16-31-14-12-30(13-15-31)11-5-7-20-21-6-3-4-8-23(21)34-24-10-9-19(18-22(20)24)26(27,28)29/h3-4,6-10,18H,2,5,11-17H2,1H3/b20-7-. The molecular weight excluding hydrogens is 461 g/mol. The van der Waals surface area contributed by atoms with Crippen LogP contribution in [0.5, 0.6) is 0 Å². The molecule has 182 valence electrons. The fraction of sp³-hybridized carbons (Fsp3) is 0.423. The summed E-state index contributed by atoms with van der Waals surface area (Å²) in [5, 5.41) is 0. The van der Waals surface area contributed by atoms with E-state index in [0.29, 0.717) is 18.6 Å². The van der Waals surface area contributed by atoms with Crippen LogP contribution in [0.4, 0.5) is 13.2 Å². The molecule has 2 aliphatic heterocycles. The zero-order chi connectivity index (χ0) is 24.1. The Hall–Kier alpha value is -2.29. The summed E-state index contributed by atoms with van der Waals surface area (Å²) in [5.74, 6) is -0.168. The molecule has 0 aliphatic carbocycles. The molecule has 0 radical (unpaired) electrons. The van der Waals surface area contributed by atoms with E-state index in [1.807, 2.05) is 24.3 Å². The Kier molecular flexibility index (Phi) is 8.01. The third kappa shape index (κ3) is 6.03. The van der Waals surface area contributed by atoms with Crippen molar-refractivity contribution in [1.82, 2.24) is 9.80 Å². The number of alkyl halides is 3. The smallest absolute Gasteiger partial charge is 0.416 e. The second-order valence-electron chi connectivity index (χ2n) is 8.47. The van der Waals surface area contributed by atoms with Gasteiger partial charge in [0.1, 0.15) is 6.61 Å². The first-order chi connectivity index (χ1) is 16.3. The summed E-state index contributed by atoms with van der Waals surface area (Å²) in [6.45, 7) is 7.49. The van der Waals surface area contributed by atoms with Gasteiger partial charge in [-0.05, 0) is 47.4 Å². The quantitative estimate of drug-likeness (QED) is 0.405. The van der Waals surface area contributed by atoms with Crippen molar-refractivity contribution in [2.24, 2.45) is 0 Å². The molecule has 34 heavy (non-hydrogen) atoms. The lowest BCUT2D eigenvalue weighted by molar-refractivity contribution is -0.143. The molecule has 0 saturated carbocycles. The number of fused-ring (bicyclic) bond motifs is 2. The van der Waals surface area contributed by atoms with Crippen LogP contribution in [0.3, 0.4) is 0 Å². The maximum Gasteiger partial charge on any atom is 0.416 e. The average Bonchev–Trinajstić information content (AvgIpc) is 2.83. The summed E-state index contributed by atoms with van der Waals surface area (Å²) in [4.78, 5) is 17.9. The van der Waals surface area contributed by atoms with Gasteiger partial charge in [-0.3, -0.25) is 9.69 Å². The van der Waals surface area contributed by atoms with E-state index in [-0.39, 0.29) is 5.97 Å². The van der Waals surface area contributed by atoms with Crippen molar-refractivity contribution in [3.8, 4) is 0 Å². The minimum atomic E-state index is -4.36. The highest BCUT2D eigenvalue weighted by molar-refractivity contribution is 7.99. The molecule has 0 unspecified atom stereocenters. The summed E-state index contributed by atoms with van der Waals surface area (Å²) in [7, 11) is 0. The molecule has 2 aromatic carbocycles. The maximum absolute atomic E-state index is 13.4. The number of carbonyl (C=O) groups is 1. The molecule has 1 saturated heterocycles. The Morgan fingerprint density at radius 3 is 2.38 bits per heavy atom. The first kappa shape index (κ1) is 24.8. The number of rotatable bonds is 7. The van der Waals surface area contributed by atoms with Crippen LogP contribution >= 0.6 is 11.8 Å². The fourth-order valence-corrected chi connectivity index (χ4v) is 5.37. The van der Waals surface area contributed by atoms with Crippen LogP contribution in [0.25, 0.3) is 5.57 Å². The van der Waals surface area contributed by atoms with E-state index in [1.165, 1.54) is 23.9 Å². The predicted molar refractivity (Wildman–Crippen MR) is 128 cm³/mol. The highest BCUT2D eigenvalue weighted by Gasteiger charge is 2.32. The molecule has 4 rings (SSSR count). The Labute approximate surface area is 202 Å². The van der Waals surface area contributed by atoms with E-state index >= 15 is 0 Å². The van der Waals surface area contributed by atoms with Gasteiger partial charge in [0.15, 0.2) is 0 Å². The van der Waals surface area contributed by atoms with Crippen LogP contribution in [0.2, 0.25) is 0 Å². The lowest BCUT2D eigenvalue weighted by atomic mass is 9.94. The van der Waals surface area contributed by atoms with E-state index in [4.69, 9.17) is 4.74 Å². The van der Waals surface area contributed by atoms with Gasteiger partial charge in [0.2, 0.25) is 0 Å². The van der Waals surface area contributed by atoms with Gasteiger partial charge >= 0.3 is 12.1 Å². The predicted octanol–water partition coefficient (Wildman–Crippen LogP) is 5.56. The van der Waals surface area contributed by atoms with Gasteiger partial charge < -0.3 is 9.64 Å². The molecular formula is C26H29F3N2O2S. The number of nitrogens with zero attached hydrogens (tertiary/aromatic N) is 2. The highest BCUT2D eigenvalue weighted by Crippen LogP contribution is 2.47. The van der Waals surface area contributed by atoms with Gasteiger partial charge in [-0.15, -0.1) is 0 Å². The molecule has 0 N–H and O–H groups in total. The monoisotopic (exact) mass is 490 g/mol. The first-order valence-corrected chi connectivity index (χ1v) is 12.5. The van der Waals surface area contributed by atoms with Gasteiger partial charge in [0, 0.05) is 55.5 Å². The van der Waals surface area contributed by atoms with E-state index in [2.05, 4.69) is 15.9 Å². The van der Waals surface area contributed by atoms with E-state index in [1.54, 1.807) is 13.0 Å². The zero-order valence-electron chi connectivity index (χ0n) is 19.2. The molecule has 2 aliphatic rings. The third-order valence-corrected chi connectivity index (χ3v) is 7.36. The number of halogens is 3. The fourth-order valence-electron chi connectivity index (χ4n) is 4.29. The number of hydrogen-bond acceptors (Lipinski definition) is 5. The number of piperazine rings is 1. The zero-order valence-corrected chi connectivity index (χ0v) is 20.1. The van der Waals surface area contributed by atoms with Crippen LogP contribution in [0, 0.1) is 0 Å². The van der Waals surface area contributed by atoms with Crippen LogP contribution in [0.1, 0.15) is 36.5 Å². The largest absolute Gasteiger partial charge is 0.464 e. The second kappa shape index (κ2) is 11.0. The molecule has 0 atom stereocenters. The number of hydrogen-bond donors (Lipinski definition) is 0. The van der Waals surface area contributed by atoms with Crippen LogP contribution < -0.4 is 0 Å². The van der Waals surface area contributed by atoms with Gasteiger partial charge in [-0.1, -0.05) is 43.0 Å². The molecule has 2 heterocycles. The summed E-state index contributed by atoms with van der Waals surface area (Å²) >= 11 is 1.52. The molecule has 4 nitrogen and oxygen atoms in total. The number of benzene rings is 2. The summed E-state index contributed by atoms with van der Waals surface area (Å²) in [6, 6.07) is 11.9. The molecule has 8 heteroatoms. The Balaban J connectivity index is 1.40. The first-order valence-electron chi connectivity index (χ1n) is 11.6. The summed E-state index contributed by atoms with van der Waals surface area (Å²) < 4.78 is 45.3. The normalized spacial score (nSPS) is 17.9. The maximum atomic E-state index is 13.4. The molecule has 0 amide bonds. The van der Waals surface area contributed by atoms with E-state index < -0.39 is 11.7 Å². The van der Waals surface area contributed by atoms with E-state index in [0.717, 1.165) is 66.6 Å². The molecule has 0 bridgehead atoms. The SMILES string of the molecule is CCC(=O)OCCN1CCN(CC/C=C2/c3ccccc3Sc3ccc(C(F)(F)F)cc32)CC1. The molecule has 0 spiro atoms. The Bertz CT molecular complexity index is 1050. The van der Waals surface area contributed by atoms with Gasteiger partial charge in [0.05, 0.1) is 5.56 Å². The molecule has 2 aromatic rings. The second-order valence-corrected chi connectivity index (χ2v) is 9.55. The lowest BCUT2D eigenvalue weighted by Gasteiger charge is -2.34. The highest BCUT2D eigenvalue weighted by atomic mass is 32.2. The van der Waals surface area contributed by atoms with Crippen molar-refractivity contribution in [2.75, 3.05) is 45.9 Å². The molecule has 1 fully saturated rings. The van der Waals surface area contributed by atoms with Gasteiger partial charge in [-0.25, -0.2) is 0 Å². The minimum absolute atomic E-state index is 0.168.